The number of amides is 4. The summed E-state index contributed by atoms with van der Waals surface area (Å²) in [5.74, 6) is -0.815. The molecule has 0 unspecified atom stereocenters. The van der Waals surface area contributed by atoms with Crippen LogP contribution in [0.3, 0.4) is 0 Å². The predicted molar refractivity (Wildman–Crippen MR) is 67.2 cm³/mol. The molecule has 6 nitrogen and oxygen atoms in total. The van der Waals surface area contributed by atoms with E-state index in [1.165, 1.54) is 7.11 Å². The van der Waals surface area contributed by atoms with Crippen molar-refractivity contribution in [2.45, 2.75) is 45.1 Å². The number of barbiturate groups is 1. The Morgan fingerprint density at radius 3 is 2.37 bits per heavy atom. The molecule has 1 heterocycles. The van der Waals surface area contributed by atoms with Crippen molar-refractivity contribution in [2.75, 3.05) is 13.7 Å². The third-order valence-corrected chi connectivity index (χ3v) is 4.03. The second-order valence-electron chi connectivity index (χ2n) is 5.93. The quantitative estimate of drug-likeness (QED) is 0.776. The average molecular weight is 268 g/mol. The van der Waals surface area contributed by atoms with E-state index in [1.54, 1.807) is 13.8 Å². The first kappa shape index (κ1) is 14.0. The zero-order valence-corrected chi connectivity index (χ0v) is 11.6. The molecule has 0 bridgehead atoms. The maximum Gasteiger partial charge on any atom is 0.331 e. The molecule has 0 aromatic rings. The van der Waals surface area contributed by atoms with E-state index in [1.807, 2.05) is 0 Å². The van der Waals surface area contributed by atoms with Gasteiger partial charge in [-0.2, -0.15) is 0 Å². The summed E-state index contributed by atoms with van der Waals surface area (Å²) in [6.07, 6.45) is 2.72. The van der Waals surface area contributed by atoms with Crippen LogP contribution in [0.25, 0.3) is 0 Å². The molecule has 2 aliphatic rings. The molecule has 1 saturated heterocycles. The summed E-state index contributed by atoms with van der Waals surface area (Å²) < 4.78 is 5.08. The molecule has 4 amide bonds. The summed E-state index contributed by atoms with van der Waals surface area (Å²) in [6.45, 7) is 3.75. The monoisotopic (exact) mass is 268 g/mol. The number of hydrogen-bond acceptors (Lipinski definition) is 4. The van der Waals surface area contributed by atoms with Crippen LogP contribution in [0.15, 0.2) is 0 Å². The summed E-state index contributed by atoms with van der Waals surface area (Å²) in [6, 6.07) is -0.644. The Hall–Kier alpha value is -1.43. The molecule has 19 heavy (non-hydrogen) atoms. The highest BCUT2D eigenvalue weighted by Crippen LogP contribution is 2.43. The van der Waals surface area contributed by atoms with Gasteiger partial charge in [0.05, 0.1) is 12.1 Å². The lowest BCUT2D eigenvalue weighted by Gasteiger charge is -2.44. The van der Waals surface area contributed by atoms with Crippen molar-refractivity contribution in [1.29, 1.82) is 0 Å². The second kappa shape index (κ2) is 4.59. The van der Waals surface area contributed by atoms with Gasteiger partial charge >= 0.3 is 6.03 Å². The Labute approximate surface area is 112 Å². The number of rotatable bonds is 3. The van der Waals surface area contributed by atoms with E-state index >= 15 is 0 Å². The van der Waals surface area contributed by atoms with Crippen molar-refractivity contribution < 1.29 is 19.1 Å². The lowest BCUT2D eigenvalue weighted by Crippen LogP contribution is -2.68. The third kappa shape index (κ3) is 2.04. The third-order valence-electron chi connectivity index (χ3n) is 4.03. The minimum atomic E-state index is -1.04. The molecule has 2 rings (SSSR count). The summed E-state index contributed by atoms with van der Waals surface area (Å²) >= 11 is 0. The van der Waals surface area contributed by atoms with Gasteiger partial charge in [-0.15, -0.1) is 0 Å². The van der Waals surface area contributed by atoms with Crippen LogP contribution in [0.2, 0.25) is 0 Å². The fourth-order valence-corrected chi connectivity index (χ4v) is 3.06. The van der Waals surface area contributed by atoms with E-state index in [0.717, 1.165) is 17.7 Å². The van der Waals surface area contributed by atoms with Crippen LogP contribution in [0.4, 0.5) is 4.79 Å². The first-order valence-corrected chi connectivity index (χ1v) is 6.54. The van der Waals surface area contributed by atoms with Crippen LogP contribution in [-0.2, 0) is 14.3 Å². The van der Waals surface area contributed by atoms with Crippen LogP contribution in [0, 0.1) is 5.41 Å². The van der Waals surface area contributed by atoms with Crippen molar-refractivity contribution in [3.05, 3.63) is 0 Å². The fraction of sp³-hybridized carbons (Fsp3) is 0.769. The summed E-state index contributed by atoms with van der Waals surface area (Å²) in [5, 5.41) is 2.33. The Kier molecular flexibility index (Phi) is 3.38. The van der Waals surface area contributed by atoms with Crippen molar-refractivity contribution in [2.24, 2.45) is 5.41 Å². The van der Waals surface area contributed by atoms with Crippen LogP contribution in [-0.4, -0.2) is 42.0 Å². The average Bonchev–Trinajstić information content (AvgIpc) is 2.76. The Balaban J connectivity index is 2.36. The topological polar surface area (TPSA) is 75.7 Å². The maximum atomic E-state index is 12.7. The second-order valence-corrected chi connectivity index (χ2v) is 5.93. The molecule has 1 saturated carbocycles. The summed E-state index contributed by atoms with van der Waals surface area (Å²) in [5.41, 5.74) is -1.81. The molecule has 106 valence electrons. The lowest BCUT2D eigenvalue weighted by atomic mass is 9.80. The van der Waals surface area contributed by atoms with Gasteiger partial charge in [0.2, 0.25) is 11.8 Å². The zero-order valence-electron chi connectivity index (χ0n) is 11.6. The molecule has 1 spiro atoms. The first-order valence-electron chi connectivity index (χ1n) is 6.54. The van der Waals surface area contributed by atoms with Gasteiger partial charge in [-0.1, -0.05) is 12.8 Å². The van der Waals surface area contributed by atoms with Gasteiger partial charge in [0, 0.05) is 7.11 Å². The van der Waals surface area contributed by atoms with Crippen LogP contribution >= 0.6 is 0 Å². The number of urea groups is 1. The highest BCUT2D eigenvalue weighted by atomic mass is 16.5. The number of methoxy groups -OCH3 is 1. The van der Waals surface area contributed by atoms with Gasteiger partial charge in [-0.25, -0.2) is 4.79 Å². The summed E-state index contributed by atoms with van der Waals surface area (Å²) in [4.78, 5) is 37.9. The number of ether oxygens (including phenoxy) is 1. The number of nitrogens with one attached hydrogen (secondary N) is 1. The molecule has 0 aromatic carbocycles. The van der Waals surface area contributed by atoms with Gasteiger partial charge in [0.15, 0.2) is 0 Å². The molecule has 1 aliphatic carbocycles. The van der Waals surface area contributed by atoms with Gasteiger partial charge in [-0.05, 0) is 26.7 Å². The minimum absolute atomic E-state index is 0.233. The maximum absolute atomic E-state index is 12.7. The first-order chi connectivity index (χ1) is 8.85. The molecular weight excluding hydrogens is 248 g/mol. The molecule has 1 aliphatic heterocycles. The SMILES string of the molecule is COCC(C)(C)N1C(=O)NC(=O)C2(CCCC2)C1=O. The van der Waals surface area contributed by atoms with Crippen molar-refractivity contribution in [3.63, 3.8) is 0 Å². The van der Waals surface area contributed by atoms with Crippen molar-refractivity contribution in [1.82, 2.24) is 10.2 Å². The minimum Gasteiger partial charge on any atom is -0.382 e. The number of carbonyl (C=O) groups is 3. The molecule has 6 heteroatoms. The van der Waals surface area contributed by atoms with E-state index in [-0.39, 0.29) is 12.5 Å². The van der Waals surface area contributed by atoms with Gasteiger partial charge in [-0.3, -0.25) is 19.8 Å². The van der Waals surface area contributed by atoms with Gasteiger partial charge in [0.25, 0.3) is 0 Å². The highest BCUT2D eigenvalue weighted by molar-refractivity contribution is 6.19. The Bertz CT molecular complexity index is 424. The largest absolute Gasteiger partial charge is 0.382 e. The Morgan fingerprint density at radius 1 is 1.26 bits per heavy atom. The van der Waals surface area contributed by atoms with E-state index in [4.69, 9.17) is 4.74 Å². The molecule has 0 aromatic heterocycles. The normalized spacial score (nSPS) is 23.1. The standard InChI is InChI=1S/C13H20N2O4/c1-12(2,8-19-3)15-10(17)13(6-4-5-7-13)9(16)14-11(15)18/h4-8H2,1-3H3,(H,14,16,18). The molecule has 2 fully saturated rings. The highest BCUT2D eigenvalue weighted by Gasteiger charge is 2.57. The molecule has 0 atom stereocenters. The van der Waals surface area contributed by atoms with Crippen LogP contribution < -0.4 is 5.32 Å². The Morgan fingerprint density at radius 2 is 1.84 bits per heavy atom. The molecule has 1 N–H and O–H groups in total. The lowest BCUT2D eigenvalue weighted by molar-refractivity contribution is -0.155. The summed E-state index contributed by atoms with van der Waals surface area (Å²) in [7, 11) is 1.52. The van der Waals surface area contributed by atoms with E-state index < -0.39 is 22.9 Å². The predicted octanol–water partition coefficient (Wildman–Crippen LogP) is 1.05. The van der Waals surface area contributed by atoms with Gasteiger partial charge in [0.1, 0.15) is 5.41 Å². The van der Waals surface area contributed by atoms with E-state index in [2.05, 4.69) is 5.32 Å². The zero-order chi connectivity index (χ0) is 14.3. The molecular formula is C13H20N2O4. The molecule has 0 radical (unpaired) electrons. The fourth-order valence-electron chi connectivity index (χ4n) is 3.06. The van der Waals surface area contributed by atoms with Gasteiger partial charge < -0.3 is 4.74 Å². The number of carbonyl (C=O) groups excluding carboxylic acids is 3. The van der Waals surface area contributed by atoms with E-state index in [9.17, 15) is 14.4 Å². The number of nitrogens with zero attached hydrogens (tertiary/aromatic N) is 1. The smallest absolute Gasteiger partial charge is 0.331 e. The number of imide groups is 2. The number of hydrogen-bond donors (Lipinski definition) is 1. The van der Waals surface area contributed by atoms with Crippen LogP contribution in [0.5, 0.6) is 0 Å². The van der Waals surface area contributed by atoms with E-state index in [0.29, 0.717) is 12.8 Å². The van der Waals surface area contributed by atoms with Crippen molar-refractivity contribution in [3.8, 4) is 0 Å². The van der Waals surface area contributed by atoms with Crippen molar-refractivity contribution >= 4 is 17.8 Å². The van der Waals surface area contributed by atoms with Crippen LogP contribution in [0.1, 0.15) is 39.5 Å².